The molecule has 28 heavy (non-hydrogen) atoms. The van der Waals surface area contributed by atoms with Gasteiger partial charge in [-0.2, -0.15) is 8.42 Å². The molecule has 2 atom stereocenters. The molecule has 2 unspecified atom stereocenters. The summed E-state index contributed by atoms with van der Waals surface area (Å²) in [5.74, 6) is -1.40. The van der Waals surface area contributed by atoms with Crippen molar-refractivity contribution in [2.45, 2.75) is 64.9 Å². The van der Waals surface area contributed by atoms with Crippen LogP contribution in [-0.4, -0.2) is 42.9 Å². The predicted octanol–water partition coefficient (Wildman–Crippen LogP) is 2.90. The van der Waals surface area contributed by atoms with Crippen molar-refractivity contribution in [2.24, 2.45) is 22.7 Å². The zero-order valence-electron chi connectivity index (χ0n) is 16.8. The molecule has 0 radical (unpaired) electrons. The first-order chi connectivity index (χ1) is 12.7. The highest BCUT2D eigenvalue weighted by atomic mass is 32.2. The van der Waals surface area contributed by atoms with Crippen LogP contribution in [0, 0.1) is 22.7 Å². The maximum atomic E-state index is 12.2. The molecule has 8 heteroatoms. The van der Waals surface area contributed by atoms with E-state index in [1.807, 2.05) is 13.8 Å². The first kappa shape index (κ1) is 21.3. The van der Waals surface area contributed by atoms with Crippen LogP contribution < -0.4 is 0 Å². The third-order valence-electron chi connectivity index (χ3n) is 7.00. The van der Waals surface area contributed by atoms with Crippen LogP contribution in [0.15, 0.2) is 12.2 Å². The summed E-state index contributed by atoms with van der Waals surface area (Å²) in [4.78, 5) is 24.0. The first-order valence-electron chi connectivity index (χ1n) is 9.75. The lowest BCUT2D eigenvalue weighted by Crippen LogP contribution is -2.61. The average molecular weight is 415 g/mol. The summed E-state index contributed by atoms with van der Waals surface area (Å²) in [7, 11) is -4.40. The molecule has 0 aromatic heterocycles. The highest BCUT2D eigenvalue weighted by Gasteiger charge is 2.63. The highest BCUT2D eigenvalue weighted by Crippen LogP contribution is 2.68. The summed E-state index contributed by atoms with van der Waals surface area (Å²) in [5, 5.41) is 0. The summed E-state index contributed by atoms with van der Waals surface area (Å²) in [5.41, 5.74) is -0.736. The summed E-state index contributed by atoms with van der Waals surface area (Å²) >= 11 is 0. The molecule has 4 bridgehead atoms. The van der Waals surface area contributed by atoms with Crippen LogP contribution in [0.4, 0.5) is 0 Å². The maximum absolute atomic E-state index is 12.2. The van der Waals surface area contributed by atoms with Gasteiger partial charge in [-0.25, -0.2) is 4.79 Å². The smallest absolute Gasteiger partial charge is 0.333 e. The molecular weight excluding hydrogens is 384 g/mol. The van der Waals surface area contributed by atoms with Crippen molar-refractivity contribution in [2.75, 3.05) is 12.4 Å². The van der Waals surface area contributed by atoms with Gasteiger partial charge in [-0.05, 0) is 71.1 Å². The van der Waals surface area contributed by atoms with E-state index in [0.717, 1.165) is 38.5 Å². The van der Waals surface area contributed by atoms with Crippen molar-refractivity contribution < 1.29 is 32.0 Å². The Balaban J connectivity index is 1.78. The number of esters is 2. The van der Waals surface area contributed by atoms with Crippen LogP contribution in [0.1, 0.15) is 59.3 Å². The van der Waals surface area contributed by atoms with Gasteiger partial charge in [0.05, 0.1) is 6.61 Å². The van der Waals surface area contributed by atoms with Crippen molar-refractivity contribution in [1.29, 1.82) is 0 Å². The molecule has 0 amide bonds. The Labute approximate surface area is 166 Å². The van der Waals surface area contributed by atoms with Gasteiger partial charge >= 0.3 is 11.9 Å². The Kier molecular flexibility index (Phi) is 5.20. The van der Waals surface area contributed by atoms with E-state index in [-0.39, 0.29) is 17.4 Å². The van der Waals surface area contributed by atoms with E-state index in [4.69, 9.17) is 14.0 Å². The highest BCUT2D eigenvalue weighted by molar-refractivity contribution is 7.86. The summed E-state index contributed by atoms with van der Waals surface area (Å²) in [6.07, 6.45) is 5.70. The van der Waals surface area contributed by atoms with Gasteiger partial charge in [0.2, 0.25) is 0 Å². The molecule has 4 rings (SSSR count). The van der Waals surface area contributed by atoms with Gasteiger partial charge in [0.15, 0.2) is 5.75 Å². The second-order valence-electron chi connectivity index (χ2n) is 9.81. The maximum Gasteiger partial charge on any atom is 0.333 e. The fourth-order valence-corrected chi connectivity index (χ4v) is 6.56. The van der Waals surface area contributed by atoms with Crippen molar-refractivity contribution >= 4 is 22.1 Å². The molecule has 0 aliphatic heterocycles. The van der Waals surface area contributed by atoms with E-state index in [1.54, 1.807) is 6.92 Å². The molecule has 0 saturated heterocycles. The van der Waals surface area contributed by atoms with Crippen molar-refractivity contribution in [3.8, 4) is 0 Å². The standard InChI is InChI=1S/C20H30O7S/c1-13(2)17(22)27-18(3,4)20-8-14-5-15(9-20)7-19(6-14,11-20)12-26-16(21)10-28(23,24)25/h14-15H,1,5-12H2,2-4H3,(H,23,24,25). The number of hydrogen-bond donors (Lipinski definition) is 1. The largest absolute Gasteiger partial charge is 0.464 e. The molecule has 4 aliphatic rings. The second-order valence-corrected chi connectivity index (χ2v) is 11.3. The van der Waals surface area contributed by atoms with Gasteiger partial charge in [-0.3, -0.25) is 9.35 Å². The molecule has 7 nitrogen and oxygen atoms in total. The van der Waals surface area contributed by atoms with E-state index < -0.39 is 33.4 Å². The lowest BCUT2D eigenvalue weighted by atomic mass is 9.41. The Morgan fingerprint density at radius 2 is 1.75 bits per heavy atom. The third-order valence-corrected chi connectivity index (χ3v) is 7.60. The first-order valence-corrected chi connectivity index (χ1v) is 11.4. The third kappa shape index (κ3) is 4.13. The topological polar surface area (TPSA) is 107 Å². The van der Waals surface area contributed by atoms with E-state index in [1.165, 1.54) is 0 Å². The molecule has 4 saturated carbocycles. The van der Waals surface area contributed by atoms with E-state index in [9.17, 15) is 18.0 Å². The SMILES string of the molecule is C=C(C)C(=O)OC(C)(C)C12CC3CC(CC(COC(=O)CS(=O)(=O)O)(C3)C1)C2. The minimum Gasteiger partial charge on any atom is -0.464 e. The predicted molar refractivity (Wildman–Crippen MR) is 102 cm³/mol. The van der Waals surface area contributed by atoms with Crippen LogP contribution in [0.2, 0.25) is 0 Å². The monoisotopic (exact) mass is 414 g/mol. The van der Waals surface area contributed by atoms with Gasteiger partial charge in [-0.15, -0.1) is 0 Å². The van der Waals surface area contributed by atoms with Crippen molar-refractivity contribution in [1.82, 2.24) is 0 Å². The molecule has 0 heterocycles. The minimum atomic E-state index is -4.40. The van der Waals surface area contributed by atoms with E-state index >= 15 is 0 Å². The summed E-state index contributed by atoms with van der Waals surface area (Å²) in [6, 6.07) is 0. The van der Waals surface area contributed by atoms with E-state index in [2.05, 4.69) is 6.58 Å². The lowest BCUT2D eigenvalue weighted by molar-refractivity contribution is -0.219. The Morgan fingerprint density at radius 1 is 1.18 bits per heavy atom. The molecule has 158 valence electrons. The quantitative estimate of drug-likeness (QED) is 0.388. The Morgan fingerprint density at radius 3 is 2.25 bits per heavy atom. The van der Waals surface area contributed by atoms with Gasteiger partial charge in [0.25, 0.3) is 10.1 Å². The van der Waals surface area contributed by atoms with E-state index in [0.29, 0.717) is 17.4 Å². The molecule has 0 spiro atoms. The molecule has 1 N–H and O–H groups in total. The number of rotatable bonds is 7. The van der Waals surface area contributed by atoms with Crippen LogP contribution in [0.5, 0.6) is 0 Å². The van der Waals surface area contributed by atoms with Crippen LogP contribution >= 0.6 is 0 Å². The number of hydrogen-bond acceptors (Lipinski definition) is 6. The van der Waals surface area contributed by atoms with Crippen molar-refractivity contribution in [3.05, 3.63) is 12.2 Å². The van der Waals surface area contributed by atoms with Gasteiger partial charge in [0, 0.05) is 16.4 Å². The molecule has 4 fully saturated rings. The fourth-order valence-electron chi connectivity index (χ4n) is 6.18. The average Bonchev–Trinajstić information content (AvgIpc) is 2.49. The fraction of sp³-hybridized carbons (Fsp3) is 0.800. The Bertz CT molecular complexity index is 781. The summed E-state index contributed by atoms with van der Waals surface area (Å²) < 4.78 is 41.8. The van der Waals surface area contributed by atoms with Gasteiger partial charge in [-0.1, -0.05) is 6.58 Å². The Hall–Kier alpha value is -1.41. The zero-order chi connectivity index (χ0) is 21.0. The summed E-state index contributed by atoms with van der Waals surface area (Å²) in [6.45, 7) is 9.36. The molecule has 4 aliphatic carbocycles. The van der Waals surface area contributed by atoms with Crippen molar-refractivity contribution in [3.63, 3.8) is 0 Å². The van der Waals surface area contributed by atoms with Crippen LogP contribution in [-0.2, 0) is 29.2 Å². The number of carbonyl (C=O) groups is 2. The van der Waals surface area contributed by atoms with Gasteiger partial charge < -0.3 is 9.47 Å². The van der Waals surface area contributed by atoms with Crippen LogP contribution in [0.25, 0.3) is 0 Å². The van der Waals surface area contributed by atoms with Crippen LogP contribution in [0.3, 0.4) is 0 Å². The van der Waals surface area contributed by atoms with Gasteiger partial charge in [0.1, 0.15) is 5.60 Å². The normalized spacial score (nSPS) is 34.1. The second kappa shape index (κ2) is 6.83. The minimum absolute atomic E-state index is 0.139. The number of ether oxygens (including phenoxy) is 2. The molecule has 0 aromatic carbocycles. The molecular formula is C20H30O7S. The lowest BCUT2D eigenvalue weighted by Gasteiger charge is -2.65. The molecule has 0 aromatic rings. The number of carbonyl (C=O) groups excluding carboxylic acids is 2. The zero-order valence-corrected chi connectivity index (χ0v) is 17.6.